The SMILES string of the molecule is Cc1cc(C)cc(N2CCN(C)CC2CCN)c1. The quantitative estimate of drug-likeness (QED) is 0.883. The first kappa shape index (κ1) is 13.4. The summed E-state index contributed by atoms with van der Waals surface area (Å²) in [6.07, 6.45) is 1.07. The number of likely N-dealkylation sites (N-methyl/N-ethyl adjacent to an activating group) is 1. The molecule has 3 heteroatoms. The maximum Gasteiger partial charge on any atom is 0.0429 e. The molecule has 2 rings (SSSR count). The van der Waals surface area contributed by atoms with Crippen LogP contribution in [0.4, 0.5) is 5.69 Å². The highest BCUT2D eigenvalue weighted by molar-refractivity contribution is 5.52. The molecule has 0 radical (unpaired) electrons. The van der Waals surface area contributed by atoms with Crippen LogP contribution in [0.15, 0.2) is 18.2 Å². The molecule has 0 aliphatic carbocycles. The lowest BCUT2D eigenvalue weighted by atomic mass is 10.0. The van der Waals surface area contributed by atoms with Crippen molar-refractivity contribution in [2.75, 3.05) is 38.1 Å². The smallest absolute Gasteiger partial charge is 0.0429 e. The zero-order valence-electron chi connectivity index (χ0n) is 11.8. The molecular formula is C15H25N3. The van der Waals surface area contributed by atoms with Crippen molar-refractivity contribution in [1.82, 2.24) is 4.90 Å². The number of hydrogen-bond acceptors (Lipinski definition) is 3. The Hall–Kier alpha value is -1.06. The third-order valence-electron chi connectivity index (χ3n) is 3.72. The van der Waals surface area contributed by atoms with E-state index in [1.54, 1.807) is 0 Å². The fraction of sp³-hybridized carbons (Fsp3) is 0.600. The number of aryl methyl sites for hydroxylation is 2. The second kappa shape index (κ2) is 5.72. The Morgan fingerprint density at radius 3 is 2.44 bits per heavy atom. The molecule has 2 N–H and O–H groups in total. The van der Waals surface area contributed by atoms with Crippen LogP contribution in [0.2, 0.25) is 0 Å². The van der Waals surface area contributed by atoms with E-state index in [1.165, 1.54) is 16.8 Å². The van der Waals surface area contributed by atoms with Gasteiger partial charge in [0.2, 0.25) is 0 Å². The predicted octanol–water partition coefficient (Wildman–Crippen LogP) is 1.77. The van der Waals surface area contributed by atoms with Crippen LogP contribution in [0.3, 0.4) is 0 Å². The number of nitrogens with zero attached hydrogens (tertiary/aromatic N) is 2. The third-order valence-corrected chi connectivity index (χ3v) is 3.72. The van der Waals surface area contributed by atoms with Crippen molar-refractivity contribution in [3.05, 3.63) is 29.3 Å². The minimum absolute atomic E-state index is 0.551. The Morgan fingerprint density at radius 1 is 1.17 bits per heavy atom. The van der Waals surface area contributed by atoms with Crippen LogP contribution >= 0.6 is 0 Å². The van der Waals surface area contributed by atoms with E-state index in [1.807, 2.05) is 0 Å². The summed E-state index contributed by atoms with van der Waals surface area (Å²) in [6, 6.07) is 7.37. The highest BCUT2D eigenvalue weighted by atomic mass is 15.3. The second-order valence-corrected chi connectivity index (χ2v) is 5.53. The molecule has 0 bridgehead atoms. The monoisotopic (exact) mass is 247 g/mol. The van der Waals surface area contributed by atoms with Gasteiger partial charge in [-0.2, -0.15) is 0 Å². The summed E-state index contributed by atoms with van der Waals surface area (Å²) in [5.74, 6) is 0. The molecule has 1 saturated heterocycles. The van der Waals surface area contributed by atoms with Gasteiger partial charge >= 0.3 is 0 Å². The van der Waals surface area contributed by atoms with Gasteiger partial charge in [0.25, 0.3) is 0 Å². The number of nitrogens with two attached hydrogens (primary N) is 1. The van der Waals surface area contributed by atoms with Crippen molar-refractivity contribution in [2.45, 2.75) is 26.3 Å². The summed E-state index contributed by atoms with van der Waals surface area (Å²) >= 11 is 0. The van der Waals surface area contributed by atoms with E-state index in [4.69, 9.17) is 5.73 Å². The summed E-state index contributed by atoms with van der Waals surface area (Å²) in [5, 5.41) is 0. The Morgan fingerprint density at radius 2 is 1.83 bits per heavy atom. The number of anilines is 1. The zero-order valence-corrected chi connectivity index (χ0v) is 11.8. The maximum absolute atomic E-state index is 5.76. The molecule has 1 heterocycles. The van der Waals surface area contributed by atoms with E-state index in [9.17, 15) is 0 Å². The normalized spacial score (nSPS) is 21.3. The highest BCUT2D eigenvalue weighted by Crippen LogP contribution is 2.24. The molecule has 18 heavy (non-hydrogen) atoms. The fourth-order valence-corrected chi connectivity index (χ4v) is 2.91. The summed E-state index contributed by atoms with van der Waals surface area (Å²) in [6.45, 7) is 8.46. The van der Waals surface area contributed by atoms with Crippen LogP contribution in [0.1, 0.15) is 17.5 Å². The van der Waals surface area contributed by atoms with E-state index in [-0.39, 0.29) is 0 Å². The van der Waals surface area contributed by atoms with Gasteiger partial charge in [0.05, 0.1) is 0 Å². The first-order chi connectivity index (χ1) is 8.60. The van der Waals surface area contributed by atoms with Gasteiger partial charge < -0.3 is 15.5 Å². The Labute approximate surface area is 111 Å². The van der Waals surface area contributed by atoms with Crippen LogP contribution < -0.4 is 10.6 Å². The molecule has 1 aromatic carbocycles. The molecule has 3 nitrogen and oxygen atoms in total. The summed E-state index contributed by atoms with van der Waals surface area (Å²) in [7, 11) is 2.20. The van der Waals surface area contributed by atoms with Gasteiger partial charge in [-0.25, -0.2) is 0 Å². The first-order valence-corrected chi connectivity index (χ1v) is 6.83. The number of piperazine rings is 1. The molecule has 1 aromatic rings. The number of rotatable bonds is 3. The molecule has 0 spiro atoms. The molecule has 0 aromatic heterocycles. The molecule has 100 valence electrons. The fourth-order valence-electron chi connectivity index (χ4n) is 2.91. The standard InChI is InChI=1S/C15H25N3/c1-12-8-13(2)10-15(9-12)18-7-6-17(3)11-14(18)4-5-16/h8-10,14H,4-7,11,16H2,1-3H3. The average Bonchev–Trinajstić information content (AvgIpc) is 2.28. The largest absolute Gasteiger partial charge is 0.366 e. The summed E-state index contributed by atoms with van der Waals surface area (Å²) < 4.78 is 0. The highest BCUT2D eigenvalue weighted by Gasteiger charge is 2.24. The topological polar surface area (TPSA) is 32.5 Å². The molecule has 0 saturated carbocycles. The van der Waals surface area contributed by atoms with Crippen LogP contribution in [-0.4, -0.2) is 44.2 Å². The van der Waals surface area contributed by atoms with Crippen molar-refractivity contribution in [3.8, 4) is 0 Å². The minimum atomic E-state index is 0.551. The van der Waals surface area contributed by atoms with Crippen molar-refractivity contribution < 1.29 is 0 Å². The second-order valence-electron chi connectivity index (χ2n) is 5.53. The van der Waals surface area contributed by atoms with E-state index < -0.39 is 0 Å². The zero-order chi connectivity index (χ0) is 13.1. The maximum atomic E-state index is 5.76. The van der Waals surface area contributed by atoms with Crippen molar-refractivity contribution in [1.29, 1.82) is 0 Å². The average molecular weight is 247 g/mol. The predicted molar refractivity (Wildman–Crippen MR) is 78.2 cm³/mol. The third kappa shape index (κ3) is 3.03. The van der Waals surface area contributed by atoms with E-state index >= 15 is 0 Å². The number of hydrogen-bond donors (Lipinski definition) is 1. The molecule has 1 atom stereocenters. The van der Waals surface area contributed by atoms with Gasteiger partial charge in [-0.3, -0.25) is 0 Å². The van der Waals surface area contributed by atoms with Crippen molar-refractivity contribution in [2.24, 2.45) is 5.73 Å². The Balaban J connectivity index is 2.23. The Kier molecular flexibility index (Phi) is 4.25. The van der Waals surface area contributed by atoms with E-state index in [2.05, 4.69) is 48.9 Å². The Bertz CT molecular complexity index is 382. The molecule has 1 unspecified atom stereocenters. The lowest BCUT2D eigenvalue weighted by Crippen LogP contribution is -2.52. The van der Waals surface area contributed by atoms with E-state index in [0.717, 1.165) is 32.6 Å². The van der Waals surface area contributed by atoms with Gasteiger partial charge in [0.15, 0.2) is 0 Å². The summed E-state index contributed by atoms with van der Waals surface area (Å²) in [4.78, 5) is 4.94. The lowest BCUT2D eigenvalue weighted by Gasteiger charge is -2.41. The molecule has 1 aliphatic rings. The lowest BCUT2D eigenvalue weighted by molar-refractivity contribution is 0.262. The molecule has 1 aliphatic heterocycles. The van der Waals surface area contributed by atoms with Crippen LogP contribution in [-0.2, 0) is 0 Å². The van der Waals surface area contributed by atoms with Gasteiger partial charge in [0, 0.05) is 31.4 Å². The molecule has 0 amide bonds. The van der Waals surface area contributed by atoms with Crippen LogP contribution in [0.25, 0.3) is 0 Å². The number of benzene rings is 1. The van der Waals surface area contributed by atoms with E-state index in [0.29, 0.717) is 6.04 Å². The molecular weight excluding hydrogens is 222 g/mol. The van der Waals surface area contributed by atoms with Crippen molar-refractivity contribution in [3.63, 3.8) is 0 Å². The molecule has 1 fully saturated rings. The van der Waals surface area contributed by atoms with Crippen LogP contribution in [0.5, 0.6) is 0 Å². The van der Waals surface area contributed by atoms with Gasteiger partial charge in [-0.1, -0.05) is 6.07 Å². The minimum Gasteiger partial charge on any atom is -0.366 e. The van der Waals surface area contributed by atoms with Crippen LogP contribution in [0, 0.1) is 13.8 Å². The van der Waals surface area contributed by atoms with Gasteiger partial charge in [-0.15, -0.1) is 0 Å². The van der Waals surface area contributed by atoms with Gasteiger partial charge in [-0.05, 0) is 57.1 Å². The van der Waals surface area contributed by atoms with Gasteiger partial charge in [0.1, 0.15) is 0 Å². The summed E-state index contributed by atoms with van der Waals surface area (Å²) in [5.41, 5.74) is 9.81. The van der Waals surface area contributed by atoms with Crippen molar-refractivity contribution >= 4 is 5.69 Å². The first-order valence-electron chi connectivity index (χ1n) is 6.83.